The van der Waals surface area contributed by atoms with Gasteiger partial charge in [0.05, 0.1) is 51.8 Å². The molecule has 2 N–H and O–H groups in total. The molecule has 0 aliphatic carbocycles. The zero-order chi connectivity index (χ0) is 27.6. The normalized spacial score (nSPS) is 13.6. The van der Waals surface area contributed by atoms with Crippen LogP contribution in [0.5, 0.6) is 11.5 Å². The Hall–Kier alpha value is -2.20. The summed E-state index contributed by atoms with van der Waals surface area (Å²) in [6.07, 6.45) is -0.243. The molecule has 8 heteroatoms. The van der Waals surface area contributed by atoms with E-state index in [4.69, 9.17) is 28.4 Å². The summed E-state index contributed by atoms with van der Waals surface area (Å²) >= 11 is 0. The van der Waals surface area contributed by atoms with Crippen molar-refractivity contribution in [1.29, 1.82) is 0 Å². The molecule has 0 saturated carbocycles. The Morgan fingerprint density at radius 2 is 0.919 bits per heavy atom. The lowest BCUT2D eigenvalue weighted by Crippen LogP contribution is -2.21. The molecular weight excluding hydrogens is 476 g/mol. The second-order valence-electron chi connectivity index (χ2n) is 9.93. The molecule has 0 amide bonds. The van der Waals surface area contributed by atoms with E-state index in [1.165, 1.54) is 0 Å². The van der Waals surface area contributed by atoms with Gasteiger partial charge in [-0.25, -0.2) is 0 Å². The van der Waals surface area contributed by atoms with Gasteiger partial charge >= 0.3 is 0 Å². The molecule has 0 saturated heterocycles. The maximum Gasteiger partial charge on any atom is 0.126 e. The molecule has 0 aliphatic rings. The number of phenols is 2. The fourth-order valence-electron chi connectivity index (χ4n) is 4.19. The first-order valence-corrected chi connectivity index (χ1v) is 12.5. The number of phenolic OH excluding ortho intramolecular Hbond substituents is 2. The first-order chi connectivity index (χ1) is 17.6. The van der Waals surface area contributed by atoms with Gasteiger partial charge in [-0.1, -0.05) is 13.8 Å². The minimum absolute atomic E-state index is 0.122. The minimum atomic E-state index is -0.494. The Kier molecular flexibility index (Phi) is 12.3. The van der Waals surface area contributed by atoms with Crippen LogP contribution >= 0.6 is 0 Å². The number of benzene rings is 2. The van der Waals surface area contributed by atoms with E-state index < -0.39 is 5.41 Å². The molecule has 2 aromatic rings. The van der Waals surface area contributed by atoms with E-state index in [1.54, 1.807) is 28.4 Å². The number of hydrogen-bond acceptors (Lipinski definition) is 8. The SMILES string of the molecule is COCc1cc(C(C)(C)c2cc(COC)c(O)c(COC(C)COC)c2)cc(COC(C)COC)c1O. The monoisotopic (exact) mass is 520 g/mol. The molecule has 8 nitrogen and oxygen atoms in total. The first-order valence-electron chi connectivity index (χ1n) is 12.5. The summed E-state index contributed by atoms with van der Waals surface area (Å²) in [5.74, 6) is 0.330. The Labute approximate surface area is 221 Å². The van der Waals surface area contributed by atoms with E-state index in [1.807, 2.05) is 38.1 Å². The minimum Gasteiger partial charge on any atom is -0.507 e. The van der Waals surface area contributed by atoms with Crippen LogP contribution in [0.15, 0.2) is 24.3 Å². The van der Waals surface area contributed by atoms with Gasteiger partial charge in [-0.15, -0.1) is 0 Å². The molecule has 2 atom stereocenters. The van der Waals surface area contributed by atoms with Gasteiger partial charge in [0.15, 0.2) is 0 Å². The topological polar surface area (TPSA) is 95.8 Å². The highest BCUT2D eigenvalue weighted by molar-refractivity contribution is 5.52. The van der Waals surface area contributed by atoms with Gasteiger partial charge in [-0.2, -0.15) is 0 Å². The second kappa shape index (κ2) is 14.7. The Bertz CT molecular complexity index is 911. The highest BCUT2D eigenvalue weighted by Crippen LogP contribution is 2.39. The third kappa shape index (κ3) is 8.40. The fourth-order valence-corrected chi connectivity index (χ4v) is 4.19. The average molecular weight is 521 g/mol. The van der Waals surface area contributed by atoms with Crippen LogP contribution in [0.25, 0.3) is 0 Å². The molecule has 0 aliphatic heterocycles. The van der Waals surface area contributed by atoms with Crippen LogP contribution in [0.1, 0.15) is 61.1 Å². The molecular formula is C29H44O8. The molecule has 37 heavy (non-hydrogen) atoms. The van der Waals surface area contributed by atoms with Gasteiger partial charge in [0.25, 0.3) is 0 Å². The molecule has 0 aromatic heterocycles. The number of aromatic hydroxyl groups is 2. The van der Waals surface area contributed by atoms with Crippen LogP contribution in [0.4, 0.5) is 0 Å². The van der Waals surface area contributed by atoms with Crippen LogP contribution in [-0.4, -0.2) is 64.1 Å². The molecule has 0 bridgehead atoms. The lowest BCUT2D eigenvalue weighted by molar-refractivity contribution is -0.000850. The molecule has 0 radical (unpaired) electrons. The standard InChI is InChI=1S/C29H44O8/c1-19(13-32-5)36-17-23-11-25(9-21(15-34-7)27(23)30)29(3,4)26-10-22(16-35-8)28(31)24(12-26)18-37-20(2)14-33-6/h9-12,19-20,30-31H,13-18H2,1-8H3. The first kappa shape index (κ1) is 31.0. The third-order valence-corrected chi connectivity index (χ3v) is 6.43. The largest absolute Gasteiger partial charge is 0.507 e. The zero-order valence-corrected chi connectivity index (χ0v) is 23.6. The molecule has 2 rings (SSSR count). The van der Waals surface area contributed by atoms with Crippen molar-refractivity contribution in [2.75, 3.05) is 41.7 Å². The van der Waals surface area contributed by atoms with E-state index in [2.05, 4.69) is 13.8 Å². The summed E-state index contributed by atoms with van der Waals surface area (Å²) in [5, 5.41) is 21.8. The van der Waals surface area contributed by atoms with Crippen molar-refractivity contribution in [2.45, 2.75) is 71.7 Å². The number of ether oxygens (including phenoxy) is 6. The van der Waals surface area contributed by atoms with Crippen LogP contribution in [-0.2, 0) is 60.3 Å². The lowest BCUT2D eigenvalue weighted by Gasteiger charge is -2.29. The van der Waals surface area contributed by atoms with E-state index in [-0.39, 0.29) is 50.1 Å². The molecule has 2 aromatic carbocycles. The molecule has 0 spiro atoms. The number of hydrogen-bond donors (Lipinski definition) is 2. The predicted octanol–water partition coefficient (Wildman–Crippen LogP) is 4.82. The second-order valence-corrected chi connectivity index (χ2v) is 9.93. The summed E-state index contributed by atoms with van der Waals surface area (Å²) in [6, 6.07) is 7.85. The Morgan fingerprint density at radius 3 is 1.22 bits per heavy atom. The van der Waals surface area contributed by atoms with Crippen LogP contribution in [0.3, 0.4) is 0 Å². The summed E-state index contributed by atoms with van der Waals surface area (Å²) in [4.78, 5) is 0. The van der Waals surface area contributed by atoms with Crippen molar-refractivity contribution in [3.8, 4) is 11.5 Å². The van der Waals surface area contributed by atoms with Gasteiger partial charge in [0, 0.05) is 56.1 Å². The summed E-state index contributed by atoms with van der Waals surface area (Å²) < 4.78 is 32.9. The van der Waals surface area contributed by atoms with Gasteiger partial charge < -0.3 is 38.6 Å². The molecule has 208 valence electrons. The average Bonchev–Trinajstić information content (AvgIpc) is 2.85. The van der Waals surface area contributed by atoms with Gasteiger partial charge in [0.2, 0.25) is 0 Å². The maximum atomic E-state index is 10.9. The highest BCUT2D eigenvalue weighted by Gasteiger charge is 2.28. The van der Waals surface area contributed by atoms with Crippen molar-refractivity contribution in [3.63, 3.8) is 0 Å². The van der Waals surface area contributed by atoms with E-state index in [0.717, 1.165) is 11.1 Å². The van der Waals surface area contributed by atoms with E-state index in [0.29, 0.717) is 35.5 Å². The summed E-state index contributed by atoms with van der Waals surface area (Å²) in [6.45, 7) is 9.97. The van der Waals surface area contributed by atoms with Crippen molar-refractivity contribution in [2.24, 2.45) is 0 Å². The Balaban J connectivity index is 2.53. The zero-order valence-electron chi connectivity index (χ0n) is 23.6. The number of rotatable bonds is 16. The maximum absolute atomic E-state index is 10.9. The van der Waals surface area contributed by atoms with Gasteiger partial charge in [-0.05, 0) is 49.2 Å². The molecule has 0 fully saturated rings. The smallest absolute Gasteiger partial charge is 0.126 e. The quantitative estimate of drug-likeness (QED) is 0.325. The van der Waals surface area contributed by atoms with Gasteiger partial charge in [-0.3, -0.25) is 0 Å². The van der Waals surface area contributed by atoms with E-state index >= 15 is 0 Å². The highest BCUT2D eigenvalue weighted by atomic mass is 16.5. The van der Waals surface area contributed by atoms with Crippen LogP contribution < -0.4 is 0 Å². The van der Waals surface area contributed by atoms with E-state index in [9.17, 15) is 10.2 Å². The van der Waals surface area contributed by atoms with Crippen molar-refractivity contribution in [1.82, 2.24) is 0 Å². The van der Waals surface area contributed by atoms with Crippen molar-refractivity contribution < 1.29 is 38.6 Å². The molecule has 0 heterocycles. The third-order valence-electron chi connectivity index (χ3n) is 6.43. The van der Waals surface area contributed by atoms with Crippen LogP contribution in [0, 0.1) is 0 Å². The Morgan fingerprint density at radius 1 is 0.595 bits per heavy atom. The summed E-state index contributed by atoms with van der Waals surface area (Å²) in [5.41, 5.74) is 4.17. The lowest BCUT2D eigenvalue weighted by atomic mass is 9.76. The fraction of sp³-hybridized carbons (Fsp3) is 0.586. The van der Waals surface area contributed by atoms with Crippen molar-refractivity contribution in [3.05, 3.63) is 57.6 Å². The molecule has 2 unspecified atom stereocenters. The van der Waals surface area contributed by atoms with Crippen LogP contribution in [0.2, 0.25) is 0 Å². The van der Waals surface area contributed by atoms with Crippen molar-refractivity contribution >= 4 is 0 Å². The summed E-state index contributed by atoms with van der Waals surface area (Å²) in [7, 11) is 6.46. The predicted molar refractivity (Wildman–Crippen MR) is 142 cm³/mol. The number of methoxy groups -OCH3 is 4. The van der Waals surface area contributed by atoms with Gasteiger partial charge in [0.1, 0.15) is 11.5 Å².